The minimum Gasteiger partial charge on any atom is -0.508 e. The molecule has 0 radical (unpaired) electrons. The molecule has 0 saturated carbocycles. The summed E-state index contributed by atoms with van der Waals surface area (Å²) in [5.41, 5.74) is 3.96. The number of benzene rings is 2. The van der Waals surface area contributed by atoms with Gasteiger partial charge in [0, 0.05) is 47.7 Å². The topological polar surface area (TPSA) is 82.4 Å². The molecule has 0 fully saturated rings. The monoisotopic (exact) mass is 490 g/mol. The smallest absolute Gasteiger partial charge is 0.134 e. The summed E-state index contributed by atoms with van der Waals surface area (Å²) in [5.74, 6) is 0.343. The third-order valence-electron chi connectivity index (χ3n) is 5.55. The fourth-order valence-corrected chi connectivity index (χ4v) is 4.37. The standard InChI is InChI=1S/C26H20Cl2N4O2/c27-25-18(9-16-11-21(33)4-6-23(16)30-25)13-32(15-20-3-1-2-8-29-20)14-19-10-17-12-22(34)5-7-24(17)31-26(19)28/h1-12,33-34H,13-15H2. The predicted molar refractivity (Wildman–Crippen MR) is 134 cm³/mol. The molecule has 5 rings (SSSR count). The quantitative estimate of drug-likeness (QED) is 0.280. The Morgan fingerprint density at radius 1 is 0.676 bits per heavy atom. The maximum atomic E-state index is 9.88. The molecule has 0 aliphatic carbocycles. The average Bonchev–Trinajstić information content (AvgIpc) is 2.81. The molecule has 3 aromatic heterocycles. The van der Waals surface area contributed by atoms with Crippen molar-refractivity contribution in [1.82, 2.24) is 19.9 Å². The van der Waals surface area contributed by atoms with Crippen molar-refractivity contribution >= 4 is 45.0 Å². The van der Waals surface area contributed by atoms with Crippen LogP contribution in [0.2, 0.25) is 10.3 Å². The van der Waals surface area contributed by atoms with Crippen LogP contribution in [0.5, 0.6) is 11.5 Å². The Labute approximate surface area is 206 Å². The lowest BCUT2D eigenvalue weighted by molar-refractivity contribution is 0.244. The van der Waals surface area contributed by atoms with Gasteiger partial charge < -0.3 is 10.2 Å². The van der Waals surface area contributed by atoms with Crippen molar-refractivity contribution in [2.24, 2.45) is 0 Å². The maximum Gasteiger partial charge on any atom is 0.134 e. The van der Waals surface area contributed by atoms with E-state index < -0.39 is 0 Å². The van der Waals surface area contributed by atoms with E-state index in [9.17, 15) is 10.2 Å². The molecule has 0 spiro atoms. The molecule has 5 aromatic rings. The van der Waals surface area contributed by atoms with Crippen LogP contribution in [-0.4, -0.2) is 30.1 Å². The van der Waals surface area contributed by atoms with Crippen LogP contribution in [0.3, 0.4) is 0 Å². The second kappa shape index (κ2) is 9.43. The van der Waals surface area contributed by atoms with Crippen molar-refractivity contribution in [2.45, 2.75) is 19.6 Å². The summed E-state index contributed by atoms with van der Waals surface area (Å²) in [5, 5.41) is 22.2. The maximum absolute atomic E-state index is 9.88. The number of fused-ring (bicyclic) bond motifs is 2. The van der Waals surface area contributed by atoms with Gasteiger partial charge in [0.25, 0.3) is 0 Å². The van der Waals surface area contributed by atoms with Crippen LogP contribution >= 0.6 is 23.2 Å². The zero-order valence-electron chi connectivity index (χ0n) is 18.0. The zero-order chi connectivity index (χ0) is 23.7. The second-order valence-corrected chi connectivity index (χ2v) is 8.81. The van der Waals surface area contributed by atoms with Crippen LogP contribution in [0.15, 0.2) is 72.9 Å². The summed E-state index contributed by atoms with van der Waals surface area (Å²) in [6.07, 6.45) is 1.76. The van der Waals surface area contributed by atoms with Crippen molar-refractivity contribution in [3.05, 3.63) is 100 Å². The van der Waals surface area contributed by atoms with Gasteiger partial charge >= 0.3 is 0 Å². The first-order chi connectivity index (χ1) is 16.4. The highest BCUT2D eigenvalue weighted by atomic mass is 35.5. The summed E-state index contributed by atoms with van der Waals surface area (Å²) in [7, 11) is 0. The molecule has 2 aromatic carbocycles. The van der Waals surface area contributed by atoms with Crippen LogP contribution < -0.4 is 0 Å². The number of aromatic nitrogens is 3. The van der Waals surface area contributed by atoms with E-state index in [0.29, 0.717) is 41.0 Å². The highest BCUT2D eigenvalue weighted by molar-refractivity contribution is 6.31. The number of hydrogen-bond donors (Lipinski definition) is 2. The first-order valence-corrected chi connectivity index (χ1v) is 11.4. The molecule has 0 aliphatic rings. The molecule has 0 aliphatic heterocycles. The van der Waals surface area contributed by atoms with Gasteiger partial charge in [0.2, 0.25) is 0 Å². The van der Waals surface area contributed by atoms with Gasteiger partial charge in [-0.05, 0) is 60.7 Å². The van der Waals surface area contributed by atoms with Gasteiger partial charge in [0.05, 0.1) is 16.7 Å². The molecule has 0 unspecified atom stereocenters. The zero-order valence-corrected chi connectivity index (χ0v) is 19.5. The van der Waals surface area contributed by atoms with E-state index in [4.69, 9.17) is 23.2 Å². The molecular weight excluding hydrogens is 471 g/mol. The number of hydrogen-bond acceptors (Lipinski definition) is 6. The summed E-state index contributed by atoms with van der Waals surface area (Å²) < 4.78 is 0. The van der Waals surface area contributed by atoms with Crippen LogP contribution in [-0.2, 0) is 19.6 Å². The second-order valence-electron chi connectivity index (χ2n) is 8.10. The van der Waals surface area contributed by atoms with E-state index in [1.54, 1.807) is 42.6 Å². The number of rotatable bonds is 6. The highest BCUT2D eigenvalue weighted by Crippen LogP contribution is 2.28. The molecule has 3 heterocycles. The fraction of sp³-hybridized carbons (Fsp3) is 0.115. The molecule has 8 heteroatoms. The van der Waals surface area contributed by atoms with Crippen LogP contribution in [0.25, 0.3) is 21.8 Å². The van der Waals surface area contributed by atoms with Crippen LogP contribution in [0.1, 0.15) is 16.8 Å². The summed E-state index contributed by atoms with van der Waals surface area (Å²) in [6.45, 7) is 1.49. The number of phenols is 2. The lowest BCUT2D eigenvalue weighted by atomic mass is 10.1. The molecule has 34 heavy (non-hydrogen) atoms. The van der Waals surface area contributed by atoms with Crippen LogP contribution in [0.4, 0.5) is 0 Å². The van der Waals surface area contributed by atoms with Gasteiger partial charge in [-0.25, -0.2) is 9.97 Å². The minimum absolute atomic E-state index is 0.171. The van der Waals surface area contributed by atoms with Gasteiger partial charge in [-0.1, -0.05) is 29.3 Å². The summed E-state index contributed by atoms with van der Waals surface area (Å²) in [4.78, 5) is 15.6. The lowest BCUT2D eigenvalue weighted by Crippen LogP contribution is -2.23. The van der Waals surface area contributed by atoms with E-state index in [1.165, 1.54) is 0 Å². The SMILES string of the molecule is Oc1ccc2nc(Cl)c(CN(Cc3ccccn3)Cc3cc4cc(O)ccc4nc3Cl)cc2c1. The van der Waals surface area contributed by atoms with E-state index in [-0.39, 0.29) is 11.5 Å². The third kappa shape index (κ3) is 4.89. The largest absolute Gasteiger partial charge is 0.508 e. The van der Waals surface area contributed by atoms with Crippen molar-refractivity contribution in [2.75, 3.05) is 0 Å². The van der Waals surface area contributed by atoms with Crippen molar-refractivity contribution in [1.29, 1.82) is 0 Å². The predicted octanol–water partition coefficient (Wildman–Crippen LogP) is 6.10. The van der Waals surface area contributed by atoms with E-state index in [0.717, 1.165) is 27.6 Å². The van der Waals surface area contributed by atoms with Gasteiger partial charge in [-0.15, -0.1) is 0 Å². The molecule has 0 saturated heterocycles. The molecule has 170 valence electrons. The van der Waals surface area contributed by atoms with Gasteiger partial charge in [-0.2, -0.15) is 0 Å². The first kappa shape index (κ1) is 22.3. The Hall–Kier alpha value is -3.45. The van der Waals surface area contributed by atoms with Crippen molar-refractivity contribution < 1.29 is 10.2 Å². The summed E-state index contributed by atoms with van der Waals surface area (Å²) in [6, 6.07) is 19.7. The molecule has 0 atom stereocenters. The number of aromatic hydroxyl groups is 2. The average molecular weight is 491 g/mol. The van der Waals surface area contributed by atoms with Gasteiger partial charge in [0.15, 0.2) is 0 Å². The Morgan fingerprint density at radius 2 is 1.24 bits per heavy atom. The van der Waals surface area contributed by atoms with E-state index >= 15 is 0 Å². The van der Waals surface area contributed by atoms with E-state index in [2.05, 4.69) is 19.9 Å². The Kier molecular flexibility index (Phi) is 6.20. The lowest BCUT2D eigenvalue weighted by Gasteiger charge is -2.23. The normalized spacial score (nSPS) is 11.5. The van der Waals surface area contributed by atoms with Crippen LogP contribution in [0, 0.1) is 0 Å². The van der Waals surface area contributed by atoms with Crippen molar-refractivity contribution in [3.63, 3.8) is 0 Å². The fourth-order valence-electron chi connectivity index (χ4n) is 3.96. The van der Waals surface area contributed by atoms with E-state index in [1.807, 2.05) is 30.3 Å². The number of halogens is 2. The third-order valence-corrected chi connectivity index (χ3v) is 6.20. The molecule has 2 N–H and O–H groups in total. The Morgan fingerprint density at radius 3 is 1.74 bits per heavy atom. The molecule has 6 nitrogen and oxygen atoms in total. The first-order valence-electron chi connectivity index (χ1n) is 10.6. The van der Waals surface area contributed by atoms with Gasteiger partial charge in [-0.3, -0.25) is 9.88 Å². The Balaban J connectivity index is 1.51. The number of nitrogens with zero attached hydrogens (tertiary/aromatic N) is 4. The molecular formula is C26H20Cl2N4O2. The minimum atomic E-state index is 0.171. The molecule has 0 amide bonds. The Bertz CT molecular complexity index is 1400. The summed E-state index contributed by atoms with van der Waals surface area (Å²) >= 11 is 13.1. The number of pyridine rings is 3. The molecule has 0 bridgehead atoms. The van der Waals surface area contributed by atoms with Crippen molar-refractivity contribution in [3.8, 4) is 11.5 Å². The number of phenolic OH excluding ortho intramolecular Hbond substituents is 2. The van der Waals surface area contributed by atoms with Gasteiger partial charge in [0.1, 0.15) is 21.8 Å². The highest BCUT2D eigenvalue weighted by Gasteiger charge is 2.16.